The summed E-state index contributed by atoms with van der Waals surface area (Å²) in [4.78, 5) is 40.4. The summed E-state index contributed by atoms with van der Waals surface area (Å²) in [5, 5.41) is 21.3. The molecule has 1 saturated heterocycles. The summed E-state index contributed by atoms with van der Waals surface area (Å²) in [6.07, 6.45) is 6.17. The minimum Gasteiger partial charge on any atom is -0.457 e. The summed E-state index contributed by atoms with van der Waals surface area (Å²) in [6, 6.07) is 0. The summed E-state index contributed by atoms with van der Waals surface area (Å²) >= 11 is 0. The van der Waals surface area contributed by atoms with Crippen LogP contribution in [0.25, 0.3) is 0 Å². The SMILES string of the molecule is CC(=O)O[C@H]1/C=C/[C@H](C)[C@@H](/C(C)=C/C=C/[C@@H](C)COC(=O)N2CCN(C)CC2)OC(=O)C[C@@H](O)CC[C@]1(C)O. The molecule has 0 aliphatic carbocycles. The van der Waals surface area contributed by atoms with Gasteiger partial charge in [0.2, 0.25) is 0 Å². The molecule has 2 aliphatic rings. The third-order valence-electron chi connectivity index (χ3n) is 7.10. The number of carbonyl (C=O) groups is 3. The molecule has 0 saturated carbocycles. The van der Waals surface area contributed by atoms with E-state index in [1.165, 1.54) is 6.92 Å². The number of esters is 2. The number of piperazine rings is 1. The van der Waals surface area contributed by atoms with Crippen LogP contribution in [0.2, 0.25) is 0 Å². The number of hydrogen-bond acceptors (Lipinski definition) is 9. The van der Waals surface area contributed by atoms with E-state index in [1.807, 2.05) is 46.0 Å². The zero-order valence-corrected chi connectivity index (χ0v) is 24.2. The standard InChI is InChI=1S/C29H46N2O8/c1-20(19-37-28(35)31-16-14-30(6)15-17-31)8-7-9-21(2)27-22(3)10-11-25(38-23(4)32)29(5,36)13-12-24(33)18-26(34)39-27/h7-11,20,22,24-25,27,33,36H,12-19H2,1-6H3/b8-7+,11-10+,21-9+/t20-,22+,24+,25+,27-,29+/m1/s1. The van der Waals surface area contributed by atoms with Crippen LogP contribution in [0.4, 0.5) is 4.79 Å². The number of aliphatic hydroxyl groups is 2. The van der Waals surface area contributed by atoms with E-state index in [-0.39, 0.29) is 43.8 Å². The number of ether oxygens (including phenoxy) is 3. The van der Waals surface area contributed by atoms with Gasteiger partial charge in [0, 0.05) is 44.9 Å². The van der Waals surface area contributed by atoms with Crippen LogP contribution in [0.5, 0.6) is 0 Å². The van der Waals surface area contributed by atoms with E-state index < -0.39 is 35.9 Å². The second-order valence-electron chi connectivity index (χ2n) is 11.1. The van der Waals surface area contributed by atoms with Crippen LogP contribution in [0, 0.1) is 11.8 Å². The van der Waals surface area contributed by atoms with E-state index in [1.54, 1.807) is 24.0 Å². The molecule has 6 atom stereocenters. The molecular formula is C29H46N2O8. The topological polar surface area (TPSA) is 126 Å². The molecule has 0 unspecified atom stereocenters. The summed E-state index contributed by atoms with van der Waals surface area (Å²) in [6.45, 7) is 11.7. The molecule has 2 aliphatic heterocycles. The van der Waals surface area contributed by atoms with Gasteiger partial charge in [-0.3, -0.25) is 9.59 Å². The zero-order chi connectivity index (χ0) is 29.2. The number of allylic oxidation sites excluding steroid dienone is 2. The van der Waals surface area contributed by atoms with Crippen LogP contribution >= 0.6 is 0 Å². The Morgan fingerprint density at radius 1 is 1.23 bits per heavy atom. The fraction of sp³-hybridized carbons (Fsp3) is 0.690. The molecule has 0 radical (unpaired) electrons. The van der Waals surface area contributed by atoms with Crippen molar-refractivity contribution in [3.05, 3.63) is 36.0 Å². The predicted octanol–water partition coefficient (Wildman–Crippen LogP) is 2.84. The molecular weight excluding hydrogens is 504 g/mol. The number of aliphatic hydroxyl groups excluding tert-OH is 1. The molecule has 0 aromatic rings. The van der Waals surface area contributed by atoms with Gasteiger partial charge >= 0.3 is 18.0 Å². The number of hydrogen-bond donors (Lipinski definition) is 2. The Hall–Kier alpha value is -2.69. The number of rotatable bonds is 6. The average Bonchev–Trinajstić information content (AvgIpc) is 2.86. The third-order valence-corrected chi connectivity index (χ3v) is 7.10. The minimum absolute atomic E-state index is 0.0245. The lowest BCUT2D eigenvalue weighted by atomic mass is 9.88. The van der Waals surface area contributed by atoms with Gasteiger partial charge in [-0.25, -0.2) is 4.79 Å². The lowest BCUT2D eigenvalue weighted by Crippen LogP contribution is -2.47. The monoisotopic (exact) mass is 550 g/mol. The van der Waals surface area contributed by atoms with Crippen molar-refractivity contribution >= 4 is 18.0 Å². The van der Waals surface area contributed by atoms with E-state index in [0.29, 0.717) is 13.1 Å². The zero-order valence-electron chi connectivity index (χ0n) is 24.2. The van der Waals surface area contributed by atoms with E-state index in [9.17, 15) is 24.6 Å². The van der Waals surface area contributed by atoms with E-state index in [4.69, 9.17) is 14.2 Å². The Kier molecular flexibility index (Phi) is 12.7. The van der Waals surface area contributed by atoms with Crippen molar-refractivity contribution < 1.29 is 38.8 Å². The maximum absolute atomic E-state index is 12.6. The highest BCUT2D eigenvalue weighted by Crippen LogP contribution is 2.27. The number of amides is 1. The van der Waals surface area contributed by atoms with Crippen molar-refractivity contribution in [3.8, 4) is 0 Å². The molecule has 1 amide bonds. The normalized spacial score (nSPS) is 31.5. The molecule has 2 N–H and O–H groups in total. The first-order chi connectivity index (χ1) is 18.3. The van der Waals surface area contributed by atoms with Gasteiger partial charge in [0.1, 0.15) is 17.8 Å². The van der Waals surface area contributed by atoms with Crippen molar-refractivity contribution in [1.82, 2.24) is 9.80 Å². The Balaban J connectivity index is 2.09. The van der Waals surface area contributed by atoms with E-state index >= 15 is 0 Å². The van der Waals surface area contributed by atoms with Gasteiger partial charge < -0.3 is 34.2 Å². The maximum Gasteiger partial charge on any atom is 0.409 e. The highest BCUT2D eigenvalue weighted by atomic mass is 16.6. The fourth-order valence-electron chi connectivity index (χ4n) is 4.46. The first-order valence-electron chi connectivity index (χ1n) is 13.7. The first-order valence-corrected chi connectivity index (χ1v) is 13.7. The number of carbonyl (C=O) groups excluding carboxylic acids is 3. The Bertz CT molecular complexity index is 920. The Morgan fingerprint density at radius 2 is 1.90 bits per heavy atom. The van der Waals surface area contributed by atoms with Crippen molar-refractivity contribution in [2.24, 2.45) is 11.8 Å². The Labute approximate surface area is 232 Å². The van der Waals surface area contributed by atoms with Gasteiger partial charge in [0.15, 0.2) is 0 Å². The van der Waals surface area contributed by atoms with Crippen LogP contribution in [0.3, 0.4) is 0 Å². The summed E-state index contributed by atoms with van der Waals surface area (Å²) in [5.74, 6) is -1.40. The van der Waals surface area contributed by atoms with Crippen molar-refractivity contribution in [2.45, 2.75) is 77.8 Å². The van der Waals surface area contributed by atoms with Crippen LogP contribution in [0.1, 0.15) is 53.9 Å². The molecule has 2 rings (SSSR count). The van der Waals surface area contributed by atoms with E-state index in [0.717, 1.165) is 18.7 Å². The number of cyclic esters (lactones) is 1. The van der Waals surface area contributed by atoms with Gasteiger partial charge in [-0.05, 0) is 45.4 Å². The summed E-state index contributed by atoms with van der Waals surface area (Å²) in [7, 11) is 2.03. The predicted molar refractivity (Wildman–Crippen MR) is 147 cm³/mol. The van der Waals surface area contributed by atoms with Crippen molar-refractivity contribution in [2.75, 3.05) is 39.8 Å². The van der Waals surface area contributed by atoms with E-state index in [2.05, 4.69) is 4.90 Å². The van der Waals surface area contributed by atoms with Crippen LogP contribution < -0.4 is 0 Å². The first kappa shape index (κ1) is 32.5. The van der Waals surface area contributed by atoms with Gasteiger partial charge in [-0.15, -0.1) is 0 Å². The molecule has 220 valence electrons. The quantitative estimate of drug-likeness (QED) is 0.222. The van der Waals surface area contributed by atoms with Crippen LogP contribution in [-0.2, 0) is 23.8 Å². The third kappa shape index (κ3) is 11.1. The largest absolute Gasteiger partial charge is 0.457 e. The van der Waals surface area contributed by atoms with Crippen LogP contribution in [0.15, 0.2) is 36.0 Å². The molecule has 10 nitrogen and oxygen atoms in total. The van der Waals surface area contributed by atoms with Crippen LogP contribution in [-0.4, -0.2) is 102 Å². The lowest BCUT2D eigenvalue weighted by Gasteiger charge is -2.32. The van der Waals surface area contributed by atoms with Gasteiger partial charge in [-0.2, -0.15) is 0 Å². The molecule has 10 heteroatoms. The number of nitrogens with zero attached hydrogens (tertiary/aromatic N) is 2. The molecule has 1 fully saturated rings. The lowest BCUT2D eigenvalue weighted by molar-refractivity contribution is -0.157. The molecule has 0 aromatic carbocycles. The van der Waals surface area contributed by atoms with Crippen molar-refractivity contribution in [1.29, 1.82) is 0 Å². The second-order valence-corrected chi connectivity index (χ2v) is 11.1. The molecule has 0 spiro atoms. The second kappa shape index (κ2) is 15.2. The maximum atomic E-state index is 12.6. The molecule has 0 bridgehead atoms. The highest BCUT2D eigenvalue weighted by molar-refractivity contribution is 5.70. The number of likely N-dealkylation sites (N-methyl/N-ethyl adjacent to an activating group) is 1. The molecule has 0 aromatic heterocycles. The van der Waals surface area contributed by atoms with Gasteiger partial charge in [-0.1, -0.05) is 38.2 Å². The summed E-state index contributed by atoms with van der Waals surface area (Å²) < 4.78 is 16.6. The summed E-state index contributed by atoms with van der Waals surface area (Å²) in [5.41, 5.74) is -0.653. The van der Waals surface area contributed by atoms with Gasteiger partial charge in [0.25, 0.3) is 0 Å². The fourth-order valence-corrected chi connectivity index (χ4v) is 4.46. The van der Waals surface area contributed by atoms with Gasteiger partial charge in [0.05, 0.1) is 19.1 Å². The smallest absolute Gasteiger partial charge is 0.409 e. The van der Waals surface area contributed by atoms with Crippen molar-refractivity contribution in [3.63, 3.8) is 0 Å². The Morgan fingerprint density at radius 3 is 2.54 bits per heavy atom. The molecule has 2 heterocycles. The average molecular weight is 551 g/mol. The molecule has 39 heavy (non-hydrogen) atoms. The highest BCUT2D eigenvalue weighted by Gasteiger charge is 2.35. The minimum atomic E-state index is -1.42.